The lowest BCUT2D eigenvalue weighted by molar-refractivity contribution is -0.132. The molecular weight excluding hydrogens is 362 g/mol. The monoisotopic (exact) mass is 377 g/mol. The number of amides is 1. The Hall–Kier alpha value is -3.17. The maximum Gasteiger partial charge on any atom is 0.229 e. The Morgan fingerprint density at radius 1 is 1.11 bits per heavy atom. The maximum atomic E-state index is 12.5. The normalized spacial score (nSPS) is 12.9. The van der Waals surface area contributed by atoms with E-state index >= 15 is 0 Å². The molecule has 0 saturated carbocycles. The van der Waals surface area contributed by atoms with Crippen molar-refractivity contribution in [1.82, 2.24) is 24.6 Å². The first kappa shape index (κ1) is 17.3. The number of carbonyl (C=O) groups excluding carboxylic acids is 1. The molecule has 0 bridgehead atoms. The van der Waals surface area contributed by atoms with Crippen molar-refractivity contribution in [1.29, 1.82) is 0 Å². The zero-order chi connectivity index (χ0) is 18.6. The number of pyridine rings is 1. The minimum atomic E-state index is 0.0366. The summed E-state index contributed by atoms with van der Waals surface area (Å²) >= 11 is 5.98. The Bertz CT molecular complexity index is 1040. The number of benzene rings is 1. The fraction of sp³-hybridized carbons (Fsp3) is 0.200. The lowest BCUT2D eigenvalue weighted by atomic mass is 10.2. The Morgan fingerprint density at radius 2 is 2.04 bits per heavy atom. The second-order valence-corrected chi connectivity index (χ2v) is 6.60. The third-order valence-electron chi connectivity index (χ3n) is 4.31. The maximum absolute atomic E-state index is 12.5. The first-order chi connectivity index (χ1) is 13.2. The van der Waals surface area contributed by atoms with Crippen LogP contribution in [0.2, 0.25) is 5.02 Å². The molecule has 0 atom stereocenters. The van der Waals surface area contributed by atoms with Crippen molar-refractivity contribution in [2.45, 2.75) is 19.5 Å². The summed E-state index contributed by atoms with van der Waals surface area (Å²) in [4.78, 5) is 18.5. The predicted octanol–water partition coefficient (Wildman–Crippen LogP) is 2.31. The summed E-state index contributed by atoms with van der Waals surface area (Å²) in [6.07, 6.45) is 1.98. The van der Waals surface area contributed by atoms with E-state index in [4.69, 9.17) is 11.6 Å². The van der Waals surface area contributed by atoms with Crippen molar-refractivity contribution in [2.75, 3.05) is 6.54 Å². The summed E-state index contributed by atoms with van der Waals surface area (Å²) in [5.41, 5.74) is 1.59. The van der Waals surface area contributed by atoms with E-state index in [2.05, 4.69) is 27.0 Å². The van der Waals surface area contributed by atoms with E-state index < -0.39 is 0 Å². The molecule has 3 heterocycles. The predicted molar refractivity (Wildman–Crippen MR) is 101 cm³/mol. The second-order valence-electron chi connectivity index (χ2n) is 6.16. The van der Waals surface area contributed by atoms with E-state index in [-0.39, 0.29) is 12.3 Å². The van der Waals surface area contributed by atoms with Crippen molar-refractivity contribution < 1.29 is 4.79 Å². The molecule has 0 unspecified atom stereocenters. The van der Waals surface area contributed by atoms with Crippen LogP contribution in [0, 0.1) is 11.8 Å². The molecule has 27 heavy (non-hydrogen) atoms. The van der Waals surface area contributed by atoms with Crippen LogP contribution < -0.4 is 0 Å². The van der Waals surface area contributed by atoms with Crippen LogP contribution in [0.25, 0.3) is 0 Å². The number of hydrogen-bond donors (Lipinski definition) is 0. The highest BCUT2D eigenvalue weighted by Gasteiger charge is 2.24. The van der Waals surface area contributed by atoms with Crippen LogP contribution in [0.5, 0.6) is 0 Å². The Labute approximate surface area is 161 Å². The first-order valence-corrected chi connectivity index (χ1v) is 8.94. The van der Waals surface area contributed by atoms with Crippen molar-refractivity contribution in [3.8, 4) is 11.8 Å². The highest BCUT2D eigenvalue weighted by Crippen LogP contribution is 2.14. The molecule has 2 aromatic heterocycles. The Kier molecular flexibility index (Phi) is 4.86. The van der Waals surface area contributed by atoms with Gasteiger partial charge in [0.1, 0.15) is 0 Å². The molecule has 4 rings (SSSR count). The van der Waals surface area contributed by atoms with Crippen LogP contribution >= 0.6 is 11.6 Å². The highest BCUT2D eigenvalue weighted by atomic mass is 35.5. The van der Waals surface area contributed by atoms with E-state index in [1.54, 1.807) is 17.2 Å². The molecule has 0 aliphatic carbocycles. The third kappa shape index (κ3) is 3.99. The van der Waals surface area contributed by atoms with Gasteiger partial charge in [-0.25, -0.2) is 0 Å². The molecule has 0 spiro atoms. The van der Waals surface area contributed by atoms with Crippen LogP contribution in [0.4, 0.5) is 0 Å². The zero-order valence-electron chi connectivity index (χ0n) is 14.5. The average Bonchev–Trinajstić information content (AvgIpc) is 3.09. The van der Waals surface area contributed by atoms with Crippen LogP contribution in [-0.4, -0.2) is 37.1 Å². The third-order valence-corrected chi connectivity index (χ3v) is 4.54. The smallest absolute Gasteiger partial charge is 0.229 e. The van der Waals surface area contributed by atoms with Gasteiger partial charge in [0.05, 0.1) is 13.0 Å². The summed E-state index contributed by atoms with van der Waals surface area (Å²) in [6, 6.07) is 12.9. The summed E-state index contributed by atoms with van der Waals surface area (Å²) in [5.74, 6) is 7.48. The van der Waals surface area contributed by atoms with E-state index in [1.165, 1.54) is 0 Å². The van der Waals surface area contributed by atoms with Gasteiger partial charge in [0.25, 0.3) is 0 Å². The standard InChI is InChI=1S/C20H16ClN5O/c21-16-5-3-4-15(12-16)7-8-18-23-24-19-14-25(10-11-26(18)19)20(27)13-17-6-1-2-9-22-17/h1-6,9,12H,10-11,13-14H2. The highest BCUT2D eigenvalue weighted by molar-refractivity contribution is 6.30. The van der Waals surface area contributed by atoms with Gasteiger partial charge >= 0.3 is 0 Å². The molecule has 1 aliphatic rings. The molecule has 7 heteroatoms. The van der Waals surface area contributed by atoms with Gasteiger partial charge in [-0.3, -0.25) is 9.78 Å². The van der Waals surface area contributed by atoms with Gasteiger partial charge in [-0.1, -0.05) is 29.7 Å². The van der Waals surface area contributed by atoms with Crippen LogP contribution in [0.15, 0.2) is 48.7 Å². The van der Waals surface area contributed by atoms with Gasteiger partial charge in [0, 0.05) is 35.6 Å². The van der Waals surface area contributed by atoms with Gasteiger partial charge in [-0.15, -0.1) is 10.2 Å². The molecule has 6 nitrogen and oxygen atoms in total. The number of rotatable bonds is 2. The first-order valence-electron chi connectivity index (χ1n) is 8.56. The van der Waals surface area contributed by atoms with Gasteiger partial charge in [-0.2, -0.15) is 0 Å². The quantitative estimate of drug-likeness (QED) is 0.643. The molecule has 134 valence electrons. The zero-order valence-corrected chi connectivity index (χ0v) is 15.2. The number of aromatic nitrogens is 4. The lowest BCUT2D eigenvalue weighted by Gasteiger charge is -2.27. The average molecular weight is 378 g/mol. The van der Waals surface area contributed by atoms with Crippen LogP contribution in [-0.2, 0) is 24.3 Å². The Balaban J connectivity index is 1.47. The fourth-order valence-electron chi connectivity index (χ4n) is 2.93. The molecule has 0 saturated heterocycles. The molecule has 0 N–H and O–H groups in total. The van der Waals surface area contributed by atoms with Crippen molar-refractivity contribution >= 4 is 17.5 Å². The van der Waals surface area contributed by atoms with Crippen molar-refractivity contribution in [2.24, 2.45) is 0 Å². The molecule has 1 amide bonds. The van der Waals surface area contributed by atoms with Gasteiger partial charge in [0.15, 0.2) is 5.82 Å². The van der Waals surface area contributed by atoms with E-state index in [0.29, 0.717) is 30.5 Å². The van der Waals surface area contributed by atoms with Gasteiger partial charge in [0.2, 0.25) is 11.7 Å². The lowest BCUT2D eigenvalue weighted by Crippen LogP contribution is -2.39. The molecular formula is C20H16ClN5O. The SMILES string of the molecule is O=C(Cc1ccccn1)N1CCn2c(C#Cc3cccc(Cl)c3)nnc2C1. The molecule has 1 aromatic carbocycles. The van der Waals surface area contributed by atoms with Crippen LogP contribution in [0.1, 0.15) is 22.9 Å². The topological polar surface area (TPSA) is 63.9 Å². The van der Waals surface area contributed by atoms with Crippen LogP contribution in [0.3, 0.4) is 0 Å². The number of halogens is 1. The Morgan fingerprint density at radius 3 is 2.85 bits per heavy atom. The van der Waals surface area contributed by atoms with E-state index in [0.717, 1.165) is 17.1 Å². The molecule has 0 radical (unpaired) electrons. The van der Waals surface area contributed by atoms with Crippen molar-refractivity contribution in [3.05, 3.63) is 76.6 Å². The number of fused-ring (bicyclic) bond motifs is 1. The largest absolute Gasteiger partial charge is 0.333 e. The van der Waals surface area contributed by atoms with Crippen molar-refractivity contribution in [3.63, 3.8) is 0 Å². The molecule has 0 fully saturated rings. The van der Waals surface area contributed by atoms with E-state index in [1.807, 2.05) is 41.0 Å². The minimum Gasteiger partial charge on any atom is -0.333 e. The number of carbonyl (C=O) groups is 1. The fourth-order valence-corrected chi connectivity index (χ4v) is 3.12. The summed E-state index contributed by atoms with van der Waals surface area (Å²) in [6.45, 7) is 1.65. The van der Waals surface area contributed by atoms with Gasteiger partial charge in [-0.05, 0) is 36.3 Å². The summed E-state index contributed by atoms with van der Waals surface area (Å²) in [7, 11) is 0. The van der Waals surface area contributed by atoms with E-state index in [9.17, 15) is 4.79 Å². The summed E-state index contributed by atoms with van der Waals surface area (Å²) < 4.78 is 1.96. The number of hydrogen-bond acceptors (Lipinski definition) is 4. The minimum absolute atomic E-state index is 0.0366. The van der Waals surface area contributed by atoms with Gasteiger partial charge < -0.3 is 9.47 Å². The number of nitrogens with zero attached hydrogens (tertiary/aromatic N) is 5. The molecule has 3 aromatic rings. The molecule has 1 aliphatic heterocycles. The second kappa shape index (κ2) is 7.60. The summed E-state index contributed by atoms with van der Waals surface area (Å²) in [5, 5.41) is 9.02.